The van der Waals surface area contributed by atoms with Crippen molar-refractivity contribution >= 4 is 21.9 Å². The maximum absolute atomic E-state index is 10.7. The first kappa shape index (κ1) is 10.5. The Labute approximate surface area is 96.2 Å². The minimum atomic E-state index is -0.786. The molecule has 2 rings (SSSR count). The van der Waals surface area contributed by atoms with Gasteiger partial charge in [-0.25, -0.2) is 0 Å². The Morgan fingerprint density at radius 2 is 2.33 bits per heavy atom. The minimum Gasteiger partial charge on any atom is -0.490 e. The number of benzene rings is 1. The molecule has 80 valence electrons. The monoisotopic (exact) mass is 270 g/mol. The second-order valence-electron chi connectivity index (χ2n) is 3.71. The molecule has 1 N–H and O–H groups in total. The van der Waals surface area contributed by atoms with Crippen LogP contribution in [0.15, 0.2) is 22.7 Å². The van der Waals surface area contributed by atoms with Crippen LogP contribution in [0.4, 0.5) is 0 Å². The van der Waals surface area contributed by atoms with Crippen molar-refractivity contribution in [1.29, 1.82) is 0 Å². The summed E-state index contributed by atoms with van der Waals surface area (Å²) in [6.45, 7) is 1.90. The highest BCUT2D eigenvalue weighted by Crippen LogP contribution is 2.41. The van der Waals surface area contributed by atoms with E-state index in [0.29, 0.717) is 0 Å². The number of ether oxygens (including phenoxy) is 1. The number of hydrogen-bond donors (Lipinski definition) is 1. The SMILES string of the molecule is CC1Oc2cc(Br)ccc2C1CC(=O)O. The zero-order chi connectivity index (χ0) is 11.0. The third kappa shape index (κ3) is 2.00. The van der Waals surface area contributed by atoms with Gasteiger partial charge in [-0.2, -0.15) is 0 Å². The lowest BCUT2D eigenvalue weighted by Gasteiger charge is -2.11. The van der Waals surface area contributed by atoms with Crippen molar-refractivity contribution in [3.63, 3.8) is 0 Å². The summed E-state index contributed by atoms with van der Waals surface area (Å²) < 4.78 is 6.56. The number of aliphatic carboxylic acids is 1. The van der Waals surface area contributed by atoms with Crippen LogP contribution >= 0.6 is 15.9 Å². The van der Waals surface area contributed by atoms with Crippen LogP contribution < -0.4 is 4.74 Å². The van der Waals surface area contributed by atoms with Crippen molar-refractivity contribution in [2.45, 2.75) is 25.4 Å². The quantitative estimate of drug-likeness (QED) is 0.899. The second-order valence-corrected chi connectivity index (χ2v) is 4.63. The molecule has 1 aromatic carbocycles. The van der Waals surface area contributed by atoms with Gasteiger partial charge in [-0.3, -0.25) is 4.79 Å². The van der Waals surface area contributed by atoms with E-state index in [1.807, 2.05) is 25.1 Å². The molecule has 1 aromatic rings. The molecular weight excluding hydrogens is 260 g/mol. The lowest BCUT2D eigenvalue weighted by atomic mass is 9.93. The fourth-order valence-electron chi connectivity index (χ4n) is 1.92. The normalized spacial score (nSPS) is 23.3. The van der Waals surface area contributed by atoms with E-state index in [4.69, 9.17) is 9.84 Å². The molecule has 0 saturated carbocycles. The molecule has 0 saturated heterocycles. The average Bonchev–Trinajstić information content (AvgIpc) is 2.41. The Bertz CT molecular complexity index is 403. The molecule has 1 aliphatic rings. The van der Waals surface area contributed by atoms with Gasteiger partial charge in [0.25, 0.3) is 0 Å². The summed E-state index contributed by atoms with van der Waals surface area (Å²) in [6, 6.07) is 5.72. The van der Waals surface area contributed by atoms with Crippen LogP contribution in [0.1, 0.15) is 24.8 Å². The minimum absolute atomic E-state index is 0.0365. The van der Waals surface area contributed by atoms with Crippen molar-refractivity contribution < 1.29 is 14.6 Å². The van der Waals surface area contributed by atoms with Gasteiger partial charge in [-0.15, -0.1) is 0 Å². The van der Waals surface area contributed by atoms with E-state index in [-0.39, 0.29) is 18.4 Å². The van der Waals surface area contributed by atoms with Crippen LogP contribution in [0.3, 0.4) is 0 Å². The number of carboxylic acids is 1. The number of hydrogen-bond acceptors (Lipinski definition) is 2. The summed E-state index contributed by atoms with van der Waals surface area (Å²) >= 11 is 3.36. The molecule has 0 fully saturated rings. The van der Waals surface area contributed by atoms with Crippen LogP contribution in [-0.2, 0) is 4.79 Å². The maximum Gasteiger partial charge on any atom is 0.304 e. The number of rotatable bonds is 2. The zero-order valence-electron chi connectivity index (χ0n) is 8.24. The molecule has 0 spiro atoms. The first-order valence-corrected chi connectivity index (χ1v) is 5.55. The highest BCUT2D eigenvalue weighted by Gasteiger charge is 2.32. The molecule has 2 unspecified atom stereocenters. The number of halogens is 1. The summed E-state index contributed by atoms with van der Waals surface area (Å²) in [6.07, 6.45) is 0.0564. The van der Waals surface area contributed by atoms with Crippen LogP contribution in [0.2, 0.25) is 0 Å². The first-order valence-electron chi connectivity index (χ1n) is 4.76. The van der Waals surface area contributed by atoms with Crippen LogP contribution in [0.5, 0.6) is 5.75 Å². The topological polar surface area (TPSA) is 46.5 Å². The average molecular weight is 271 g/mol. The van der Waals surface area contributed by atoms with Gasteiger partial charge in [0.15, 0.2) is 0 Å². The first-order chi connectivity index (χ1) is 7.08. The Balaban J connectivity index is 2.33. The van der Waals surface area contributed by atoms with Crippen molar-refractivity contribution in [2.24, 2.45) is 0 Å². The summed E-state index contributed by atoms with van der Waals surface area (Å²) in [5.41, 5.74) is 0.994. The lowest BCUT2D eigenvalue weighted by Crippen LogP contribution is -2.17. The van der Waals surface area contributed by atoms with Gasteiger partial charge in [0, 0.05) is 16.0 Å². The van der Waals surface area contributed by atoms with Gasteiger partial charge in [-0.05, 0) is 19.1 Å². The number of carbonyl (C=O) groups is 1. The lowest BCUT2D eigenvalue weighted by molar-refractivity contribution is -0.137. The molecule has 0 bridgehead atoms. The second kappa shape index (κ2) is 3.85. The molecule has 4 heteroatoms. The largest absolute Gasteiger partial charge is 0.490 e. The summed E-state index contributed by atoms with van der Waals surface area (Å²) in [5.74, 6) is -0.0278. The van der Waals surface area contributed by atoms with E-state index < -0.39 is 5.97 Å². The molecule has 2 atom stereocenters. The molecule has 0 aromatic heterocycles. The number of fused-ring (bicyclic) bond motifs is 1. The molecular formula is C11H11BrO3. The molecule has 0 radical (unpaired) electrons. The summed E-state index contributed by atoms with van der Waals surface area (Å²) in [5, 5.41) is 8.81. The predicted octanol–water partition coefficient (Wildman–Crippen LogP) is 2.79. The Morgan fingerprint density at radius 3 is 3.00 bits per heavy atom. The van der Waals surface area contributed by atoms with Crippen molar-refractivity contribution in [3.05, 3.63) is 28.2 Å². The Morgan fingerprint density at radius 1 is 1.60 bits per heavy atom. The molecule has 3 nitrogen and oxygen atoms in total. The van der Waals surface area contributed by atoms with Gasteiger partial charge in [0.2, 0.25) is 0 Å². The number of carboxylic acid groups (broad SMARTS) is 1. The van der Waals surface area contributed by atoms with Gasteiger partial charge in [-0.1, -0.05) is 22.0 Å². The van der Waals surface area contributed by atoms with Crippen molar-refractivity contribution in [2.75, 3.05) is 0 Å². The van der Waals surface area contributed by atoms with E-state index in [9.17, 15) is 4.79 Å². The summed E-state index contributed by atoms with van der Waals surface area (Å²) in [4.78, 5) is 10.7. The molecule has 0 aliphatic carbocycles. The molecule has 1 heterocycles. The maximum atomic E-state index is 10.7. The zero-order valence-corrected chi connectivity index (χ0v) is 9.82. The smallest absolute Gasteiger partial charge is 0.304 e. The fourth-order valence-corrected chi connectivity index (χ4v) is 2.26. The van der Waals surface area contributed by atoms with E-state index >= 15 is 0 Å². The van der Waals surface area contributed by atoms with E-state index in [2.05, 4.69) is 15.9 Å². The van der Waals surface area contributed by atoms with E-state index in [1.54, 1.807) is 0 Å². The van der Waals surface area contributed by atoms with Gasteiger partial charge in [0.1, 0.15) is 11.9 Å². The van der Waals surface area contributed by atoms with Crippen molar-refractivity contribution in [3.8, 4) is 5.75 Å². The van der Waals surface area contributed by atoms with Crippen LogP contribution in [0, 0.1) is 0 Å². The third-order valence-corrected chi connectivity index (χ3v) is 3.14. The van der Waals surface area contributed by atoms with Gasteiger partial charge >= 0.3 is 5.97 Å². The third-order valence-electron chi connectivity index (χ3n) is 2.65. The standard InChI is InChI=1S/C11H11BrO3/c1-6-9(5-11(13)14)8-3-2-7(12)4-10(8)15-6/h2-4,6,9H,5H2,1H3,(H,13,14). The van der Waals surface area contributed by atoms with Gasteiger partial charge in [0.05, 0.1) is 6.42 Å². The highest BCUT2D eigenvalue weighted by atomic mass is 79.9. The summed E-state index contributed by atoms with van der Waals surface area (Å²) in [7, 11) is 0. The molecule has 0 amide bonds. The van der Waals surface area contributed by atoms with Gasteiger partial charge < -0.3 is 9.84 Å². The van der Waals surface area contributed by atoms with E-state index in [0.717, 1.165) is 15.8 Å². The van der Waals surface area contributed by atoms with E-state index in [1.165, 1.54) is 0 Å². The van der Waals surface area contributed by atoms with Crippen molar-refractivity contribution in [1.82, 2.24) is 0 Å². The Kier molecular flexibility index (Phi) is 2.69. The molecule has 1 aliphatic heterocycles. The fraction of sp³-hybridized carbons (Fsp3) is 0.364. The van der Waals surface area contributed by atoms with Crippen LogP contribution in [-0.4, -0.2) is 17.2 Å². The molecule has 15 heavy (non-hydrogen) atoms. The van der Waals surface area contributed by atoms with Crippen LogP contribution in [0.25, 0.3) is 0 Å². The predicted molar refractivity (Wildman–Crippen MR) is 59.2 cm³/mol. The Hall–Kier alpha value is -1.03. The highest BCUT2D eigenvalue weighted by molar-refractivity contribution is 9.10.